The number of Topliss-reactive ketones (excluding diaryl/α,β-unsaturated/α-hetero) is 1. The lowest BCUT2D eigenvalue weighted by Crippen LogP contribution is -2.40. The van der Waals surface area contributed by atoms with E-state index in [4.69, 9.17) is 4.99 Å². The summed E-state index contributed by atoms with van der Waals surface area (Å²) in [4.78, 5) is 23.9. The number of carbonyl (C=O) groups is 1. The maximum Gasteiger partial charge on any atom is 0.178 e. The fourth-order valence-corrected chi connectivity index (χ4v) is 3.30. The first-order valence-corrected chi connectivity index (χ1v) is 7.52. The molecular weight excluding hydrogens is 274 g/mol. The van der Waals surface area contributed by atoms with Crippen LogP contribution in [0.15, 0.2) is 47.7 Å². The first-order chi connectivity index (χ1) is 10.6. The van der Waals surface area contributed by atoms with E-state index in [-0.39, 0.29) is 5.78 Å². The molecule has 0 bridgehead atoms. The average molecular weight is 291 g/mol. The van der Waals surface area contributed by atoms with Gasteiger partial charge < -0.3 is 4.90 Å². The summed E-state index contributed by atoms with van der Waals surface area (Å²) < 4.78 is 0. The van der Waals surface area contributed by atoms with Crippen LogP contribution < -0.4 is 4.90 Å². The molecule has 0 N–H and O–H groups in total. The molecule has 1 fully saturated rings. The number of hydrogen-bond acceptors (Lipinski definition) is 4. The molecule has 0 aliphatic carbocycles. The Bertz CT molecular complexity index is 794. The number of anilines is 1. The second-order valence-electron chi connectivity index (χ2n) is 6.23. The molecule has 0 amide bonds. The van der Waals surface area contributed by atoms with Crippen molar-refractivity contribution in [2.45, 2.75) is 20.3 Å². The molecule has 0 radical (unpaired) electrons. The van der Waals surface area contributed by atoms with Gasteiger partial charge in [-0.3, -0.25) is 9.78 Å². The van der Waals surface area contributed by atoms with Crippen LogP contribution >= 0.6 is 0 Å². The number of carbonyl (C=O) groups excluding carboxylic acids is 1. The second kappa shape index (κ2) is 4.50. The third kappa shape index (κ3) is 1.73. The standard InChI is InChI=1S/C18H17N3O/c1-12-3-5-13(6-4-12)21-10-8-18(2)16(22)14-7-9-19-11-15(14)20-17(18)21/h3-7,9,11H,8,10H2,1-2H3. The van der Waals surface area contributed by atoms with E-state index in [1.165, 1.54) is 5.56 Å². The maximum atomic E-state index is 12.9. The molecule has 110 valence electrons. The molecule has 2 aliphatic heterocycles. The molecule has 1 aromatic carbocycles. The third-order valence-corrected chi connectivity index (χ3v) is 4.70. The van der Waals surface area contributed by atoms with Gasteiger partial charge in [0.25, 0.3) is 0 Å². The lowest BCUT2D eigenvalue weighted by Gasteiger charge is -2.30. The van der Waals surface area contributed by atoms with Gasteiger partial charge >= 0.3 is 0 Å². The van der Waals surface area contributed by atoms with Crippen molar-refractivity contribution < 1.29 is 4.79 Å². The van der Waals surface area contributed by atoms with Crippen molar-refractivity contribution in [2.24, 2.45) is 10.4 Å². The molecule has 1 aromatic heterocycles. The Hall–Kier alpha value is -2.49. The SMILES string of the molecule is Cc1ccc(N2CCC3(C)C(=O)c4ccncc4N=C23)cc1. The molecule has 1 saturated heterocycles. The summed E-state index contributed by atoms with van der Waals surface area (Å²) in [6.07, 6.45) is 4.12. The minimum Gasteiger partial charge on any atom is -0.329 e. The van der Waals surface area contributed by atoms with Gasteiger partial charge in [-0.1, -0.05) is 17.7 Å². The van der Waals surface area contributed by atoms with E-state index < -0.39 is 5.41 Å². The van der Waals surface area contributed by atoms with Gasteiger partial charge in [0, 0.05) is 24.0 Å². The molecule has 4 nitrogen and oxygen atoms in total. The Kier molecular flexibility index (Phi) is 2.70. The summed E-state index contributed by atoms with van der Waals surface area (Å²) in [7, 11) is 0. The number of amidine groups is 1. The summed E-state index contributed by atoms with van der Waals surface area (Å²) >= 11 is 0. The van der Waals surface area contributed by atoms with Crippen molar-refractivity contribution in [1.82, 2.24) is 4.98 Å². The van der Waals surface area contributed by atoms with Crippen LogP contribution in [-0.2, 0) is 0 Å². The average Bonchev–Trinajstić information content (AvgIpc) is 2.87. The van der Waals surface area contributed by atoms with Crippen molar-refractivity contribution in [2.75, 3.05) is 11.4 Å². The van der Waals surface area contributed by atoms with Crippen LogP contribution in [0.4, 0.5) is 11.4 Å². The van der Waals surface area contributed by atoms with Gasteiger partial charge in [0.15, 0.2) is 5.78 Å². The smallest absolute Gasteiger partial charge is 0.178 e. The highest BCUT2D eigenvalue weighted by molar-refractivity contribution is 6.25. The van der Waals surface area contributed by atoms with E-state index in [9.17, 15) is 4.79 Å². The Balaban J connectivity index is 1.85. The number of nitrogens with zero attached hydrogens (tertiary/aromatic N) is 3. The van der Waals surface area contributed by atoms with E-state index in [2.05, 4.69) is 41.1 Å². The third-order valence-electron chi connectivity index (χ3n) is 4.70. The van der Waals surface area contributed by atoms with Crippen LogP contribution in [0.2, 0.25) is 0 Å². The van der Waals surface area contributed by atoms with E-state index in [1.807, 2.05) is 6.92 Å². The predicted molar refractivity (Wildman–Crippen MR) is 86.9 cm³/mol. The number of hydrogen-bond donors (Lipinski definition) is 0. The largest absolute Gasteiger partial charge is 0.329 e. The minimum atomic E-state index is -0.529. The zero-order valence-electron chi connectivity index (χ0n) is 12.7. The molecule has 0 spiro atoms. The van der Waals surface area contributed by atoms with Gasteiger partial charge in [-0.25, -0.2) is 4.99 Å². The topological polar surface area (TPSA) is 45.6 Å². The van der Waals surface area contributed by atoms with Gasteiger partial charge in [0.2, 0.25) is 0 Å². The van der Waals surface area contributed by atoms with Gasteiger partial charge in [-0.15, -0.1) is 0 Å². The highest BCUT2D eigenvalue weighted by Crippen LogP contribution is 2.44. The fourth-order valence-electron chi connectivity index (χ4n) is 3.30. The lowest BCUT2D eigenvalue weighted by molar-refractivity contribution is 0.0887. The van der Waals surface area contributed by atoms with Crippen molar-refractivity contribution in [3.8, 4) is 0 Å². The van der Waals surface area contributed by atoms with Crippen LogP contribution in [0.5, 0.6) is 0 Å². The quantitative estimate of drug-likeness (QED) is 0.807. The van der Waals surface area contributed by atoms with Crippen LogP contribution in [0.25, 0.3) is 0 Å². The number of rotatable bonds is 1. The summed E-state index contributed by atoms with van der Waals surface area (Å²) in [5, 5.41) is 0. The van der Waals surface area contributed by atoms with Crippen LogP contribution in [0.1, 0.15) is 29.3 Å². The second-order valence-corrected chi connectivity index (χ2v) is 6.23. The highest BCUT2D eigenvalue weighted by Gasteiger charge is 2.49. The Morgan fingerprint density at radius 1 is 1.18 bits per heavy atom. The summed E-state index contributed by atoms with van der Waals surface area (Å²) in [6, 6.07) is 10.1. The first kappa shape index (κ1) is 13.2. The van der Waals surface area contributed by atoms with Crippen molar-refractivity contribution >= 4 is 23.0 Å². The number of fused-ring (bicyclic) bond motifs is 2. The van der Waals surface area contributed by atoms with Gasteiger partial charge in [-0.05, 0) is 38.5 Å². The molecule has 2 aliphatic rings. The highest BCUT2D eigenvalue weighted by atomic mass is 16.1. The van der Waals surface area contributed by atoms with Gasteiger partial charge in [-0.2, -0.15) is 0 Å². The summed E-state index contributed by atoms with van der Waals surface area (Å²) in [5.74, 6) is 1.01. The van der Waals surface area contributed by atoms with E-state index in [0.717, 1.165) is 24.5 Å². The van der Waals surface area contributed by atoms with Crippen LogP contribution in [0, 0.1) is 12.3 Å². The zero-order valence-corrected chi connectivity index (χ0v) is 12.7. The van der Waals surface area contributed by atoms with Crippen molar-refractivity contribution in [3.63, 3.8) is 0 Å². The minimum absolute atomic E-state index is 0.157. The molecule has 2 aromatic rings. The number of aryl methyl sites for hydroxylation is 1. The molecule has 1 atom stereocenters. The van der Waals surface area contributed by atoms with Crippen molar-refractivity contribution in [3.05, 3.63) is 53.9 Å². The molecule has 22 heavy (non-hydrogen) atoms. The molecule has 1 unspecified atom stereocenters. The Morgan fingerprint density at radius 3 is 2.73 bits per heavy atom. The van der Waals surface area contributed by atoms with Crippen molar-refractivity contribution in [1.29, 1.82) is 0 Å². The maximum absolute atomic E-state index is 12.9. The number of ketones is 1. The molecule has 3 heterocycles. The van der Waals surface area contributed by atoms with E-state index >= 15 is 0 Å². The molecular formula is C18H17N3O. The summed E-state index contributed by atoms with van der Waals surface area (Å²) in [5.41, 5.74) is 3.15. The number of aromatic nitrogens is 1. The van der Waals surface area contributed by atoms with Crippen LogP contribution in [0.3, 0.4) is 0 Å². The Morgan fingerprint density at radius 2 is 1.95 bits per heavy atom. The number of aliphatic imine (C=N–C) groups is 1. The molecule has 4 heteroatoms. The zero-order chi connectivity index (χ0) is 15.3. The summed E-state index contributed by atoms with van der Waals surface area (Å²) in [6.45, 7) is 4.89. The van der Waals surface area contributed by atoms with Crippen LogP contribution in [-0.4, -0.2) is 23.1 Å². The van der Waals surface area contributed by atoms with Gasteiger partial charge in [0.05, 0.1) is 17.3 Å². The fraction of sp³-hybridized carbons (Fsp3) is 0.278. The molecule has 0 saturated carbocycles. The number of pyridine rings is 1. The Labute approximate surface area is 129 Å². The normalized spacial score (nSPS) is 23.1. The predicted octanol–water partition coefficient (Wildman–Crippen LogP) is 3.53. The lowest BCUT2D eigenvalue weighted by atomic mass is 9.78. The van der Waals surface area contributed by atoms with Gasteiger partial charge in [0.1, 0.15) is 5.84 Å². The first-order valence-electron chi connectivity index (χ1n) is 7.52. The number of benzene rings is 1. The van der Waals surface area contributed by atoms with E-state index in [1.54, 1.807) is 18.5 Å². The van der Waals surface area contributed by atoms with E-state index in [0.29, 0.717) is 11.3 Å². The molecule has 4 rings (SSSR count). The monoisotopic (exact) mass is 291 g/mol.